The molecule has 0 saturated heterocycles. The van der Waals surface area contributed by atoms with E-state index in [1.165, 1.54) is 24.8 Å². The van der Waals surface area contributed by atoms with Gasteiger partial charge in [-0.15, -0.1) is 0 Å². The van der Waals surface area contributed by atoms with Crippen LogP contribution in [-0.4, -0.2) is 12.1 Å². The number of hydrogen-bond acceptors (Lipinski definition) is 2. The van der Waals surface area contributed by atoms with E-state index >= 15 is 0 Å². The van der Waals surface area contributed by atoms with E-state index in [9.17, 15) is 0 Å². The molecule has 1 aromatic carbocycles. The number of benzene rings is 1. The molecule has 3 unspecified atom stereocenters. The third-order valence-corrected chi connectivity index (χ3v) is 4.60. The van der Waals surface area contributed by atoms with Crippen molar-refractivity contribution >= 4 is 0 Å². The molecule has 2 heteroatoms. The fraction of sp³-hybridized carbons (Fsp3) is 0.667. The molecule has 112 valence electrons. The normalized spacial score (nSPS) is 26.8. The summed E-state index contributed by atoms with van der Waals surface area (Å²) in [7, 11) is 0. The minimum Gasteiger partial charge on any atom is -0.491 e. The van der Waals surface area contributed by atoms with Crippen molar-refractivity contribution in [3.63, 3.8) is 0 Å². The molecule has 0 spiro atoms. The molecule has 1 saturated carbocycles. The molecule has 0 radical (unpaired) electrons. The van der Waals surface area contributed by atoms with E-state index in [1.807, 2.05) is 6.07 Å². The zero-order chi connectivity index (χ0) is 14.5. The quantitative estimate of drug-likeness (QED) is 0.860. The lowest BCUT2D eigenvalue weighted by atomic mass is 9.78. The maximum atomic E-state index is 5.89. The van der Waals surface area contributed by atoms with Crippen molar-refractivity contribution in [3.8, 4) is 5.75 Å². The Morgan fingerprint density at radius 1 is 1.20 bits per heavy atom. The largest absolute Gasteiger partial charge is 0.491 e. The second-order valence-corrected chi connectivity index (χ2v) is 6.53. The lowest BCUT2D eigenvalue weighted by Crippen LogP contribution is -2.40. The van der Waals surface area contributed by atoms with Gasteiger partial charge in [0, 0.05) is 18.2 Å². The zero-order valence-corrected chi connectivity index (χ0v) is 13.4. The van der Waals surface area contributed by atoms with Crippen molar-refractivity contribution < 1.29 is 4.74 Å². The fourth-order valence-corrected chi connectivity index (χ4v) is 3.13. The molecule has 20 heavy (non-hydrogen) atoms. The Morgan fingerprint density at radius 2 is 1.95 bits per heavy atom. The van der Waals surface area contributed by atoms with E-state index < -0.39 is 0 Å². The second kappa shape index (κ2) is 7.12. The Morgan fingerprint density at radius 3 is 2.70 bits per heavy atom. The molecule has 1 fully saturated rings. The van der Waals surface area contributed by atoms with E-state index in [1.54, 1.807) is 0 Å². The number of para-hydroxylation sites is 1. The van der Waals surface area contributed by atoms with Gasteiger partial charge < -0.3 is 10.1 Å². The molecular weight excluding hydrogens is 246 g/mol. The molecule has 0 aromatic heterocycles. The Bertz CT molecular complexity index is 416. The molecular formula is C18H29NO. The third-order valence-electron chi connectivity index (χ3n) is 4.60. The van der Waals surface area contributed by atoms with Crippen LogP contribution in [0.1, 0.15) is 52.5 Å². The molecule has 0 bridgehead atoms. The van der Waals surface area contributed by atoms with E-state index in [0.29, 0.717) is 6.04 Å². The van der Waals surface area contributed by atoms with E-state index in [-0.39, 0.29) is 6.10 Å². The molecule has 0 aliphatic heterocycles. The molecule has 0 heterocycles. The summed E-state index contributed by atoms with van der Waals surface area (Å²) in [5.41, 5.74) is 1.27. The molecule has 1 aliphatic carbocycles. The smallest absolute Gasteiger partial charge is 0.124 e. The first-order valence-corrected chi connectivity index (χ1v) is 8.06. The predicted octanol–water partition coefficient (Wildman–Crippen LogP) is 4.39. The van der Waals surface area contributed by atoms with E-state index in [2.05, 4.69) is 51.2 Å². The lowest BCUT2D eigenvalue weighted by Gasteiger charge is -2.35. The van der Waals surface area contributed by atoms with Gasteiger partial charge in [0.05, 0.1) is 6.10 Å². The Kier molecular flexibility index (Phi) is 5.47. The van der Waals surface area contributed by atoms with Gasteiger partial charge in [-0.25, -0.2) is 0 Å². The maximum Gasteiger partial charge on any atom is 0.124 e. The van der Waals surface area contributed by atoms with Gasteiger partial charge >= 0.3 is 0 Å². The number of nitrogens with one attached hydrogen (secondary N) is 1. The van der Waals surface area contributed by atoms with Crippen molar-refractivity contribution in [2.75, 3.05) is 0 Å². The van der Waals surface area contributed by atoms with Gasteiger partial charge in [0.1, 0.15) is 5.75 Å². The van der Waals surface area contributed by atoms with Crippen LogP contribution in [0.5, 0.6) is 5.75 Å². The summed E-state index contributed by atoms with van der Waals surface area (Å²) in [5.74, 6) is 2.62. The third kappa shape index (κ3) is 3.99. The average molecular weight is 275 g/mol. The van der Waals surface area contributed by atoms with E-state index in [4.69, 9.17) is 4.74 Å². The summed E-state index contributed by atoms with van der Waals surface area (Å²) >= 11 is 0. The van der Waals surface area contributed by atoms with Crippen LogP contribution >= 0.6 is 0 Å². The van der Waals surface area contributed by atoms with Gasteiger partial charge in [0.2, 0.25) is 0 Å². The van der Waals surface area contributed by atoms with Gasteiger partial charge in [-0.2, -0.15) is 0 Å². The molecule has 0 amide bonds. The number of ether oxygens (including phenoxy) is 1. The van der Waals surface area contributed by atoms with Gasteiger partial charge in [-0.05, 0) is 38.2 Å². The Balaban J connectivity index is 1.96. The summed E-state index contributed by atoms with van der Waals surface area (Å²) in [6, 6.07) is 9.03. The van der Waals surface area contributed by atoms with Crippen LogP contribution in [0.3, 0.4) is 0 Å². The predicted molar refractivity (Wildman–Crippen MR) is 85.0 cm³/mol. The highest BCUT2D eigenvalue weighted by atomic mass is 16.5. The minimum atomic E-state index is 0.227. The second-order valence-electron chi connectivity index (χ2n) is 6.53. The molecule has 1 aromatic rings. The monoisotopic (exact) mass is 275 g/mol. The molecule has 1 N–H and O–H groups in total. The Labute approximate surface area is 123 Å². The molecule has 2 rings (SSSR count). The summed E-state index contributed by atoms with van der Waals surface area (Å²) in [5, 5.41) is 3.75. The van der Waals surface area contributed by atoms with Gasteiger partial charge in [0.25, 0.3) is 0 Å². The first-order valence-electron chi connectivity index (χ1n) is 8.06. The van der Waals surface area contributed by atoms with Gasteiger partial charge in [0.15, 0.2) is 0 Å². The van der Waals surface area contributed by atoms with Crippen molar-refractivity contribution in [3.05, 3.63) is 29.8 Å². The summed E-state index contributed by atoms with van der Waals surface area (Å²) in [6.07, 6.45) is 4.27. The van der Waals surface area contributed by atoms with Crippen molar-refractivity contribution in [2.24, 2.45) is 11.8 Å². The van der Waals surface area contributed by atoms with Gasteiger partial charge in [-0.3, -0.25) is 0 Å². The number of hydrogen-bond donors (Lipinski definition) is 1. The van der Waals surface area contributed by atoms with Gasteiger partial charge in [-0.1, -0.05) is 44.9 Å². The van der Waals surface area contributed by atoms with E-state index in [0.717, 1.165) is 24.1 Å². The minimum absolute atomic E-state index is 0.227. The topological polar surface area (TPSA) is 21.3 Å². The first kappa shape index (κ1) is 15.4. The molecule has 1 aliphatic rings. The van der Waals surface area contributed by atoms with Crippen LogP contribution in [0.4, 0.5) is 0 Å². The van der Waals surface area contributed by atoms with Crippen molar-refractivity contribution in [1.82, 2.24) is 5.32 Å². The van der Waals surface area contributed by atoms with Crippen LogP contribution in [0, 0.1) is 11.8 Å². The van der Waals surface area contributed by atoms with Crippen molar-refractivity contribution in [2.45, 2.75) is 65.6 Å². The van der Waals surface area contributed by atoms with Crippen LogP contribution in [-0.2, 0) is 6.54 Å². The molecule has 3 atom stereocenters. The summed E-state index contributed by atoms with van der Waals surface area (Å²) in [4.78, 5) is 0. The number of rotatable bonds is 5. The lowest BCUT2D eigenvalue weighted by molar-refractivity contribution is 0.203. The summed E-state index contributed by atoms with van der Waals surface area (Å²) in [6.45, 7) is 9.83. The zero-order valence-electron chi connectivity index (χ0n) is 13.4. The molecule has 2 nitrogen and oxygen atoms in total. The summed E-state index contributed by atoms with van der Waals surface area (Å²) < 4.78 is 5.89. The van der Waals surface area contributed by atoms with Crippen LogP contribution < -0.4 is 10.1 Å². The highest BCUT2D eigenvalue weighted by Crippen LogP contribution is 2.30. The van der Waals surface area contributed by atoms with Crippen molar-refractivity contribution in [1.29, 1.82) is 0 Å². The fourth-order valence-electron chi connectivity index (χ4n) is 3.13. The highest BCUT2D eigenvalue weighted by Gasteiger charge is 2.26. The Hall–Kier alpha value is -1.02. The first-order chi connectivity index (χ1) is 9.58. The van der Waals surface area contributed by atoms with Crippen LogP contribution in [0.25, 0.3) is 0 Å². The highest BCUT2D eigenvalue weighted by molar-refractivity contribution is 5.33. The SMILES string of the molecule is CC(C)Oc1ccccc1CNC1CCCC(C)C1C. The van der Waals surface area contributed by atoms with Crippen LogP contribution in [0.15, 0.2) is 24.3 Å². The standard InChI is InChI=1S/C18H29NO/c1-13(2)20-18-11-6-5-9-16(18)12-19-17-10-7-8-14(3)15(17)4/h5-6,9,11,13-15,17,19H,7-8,10,12H2,1-4H3. The van der Waals surface area contributed by atoms with Crippen LogP contribution in [0.2, 0.25) is 0 Å². The maximum absolute atomic E-state index is 5.89. The average Bonchev–Trinajstić information content (AvgIpc) is 2.41.